The molecular formula is C25H35F2NO5. The second kappa shape index (κ2) is 9.56. The third-order valence-electron chi connectivity index (χ3n) is 8.35. The van der Waals surface area contributed by atoms with Gasteiger partial charge < -0.3 is 24.6 Å². The molecule has 3 aliphatic rings. The van der Waals surface area contributed by atoms with Gasteiger partial charge in [0.25, 0.3) is 0 Å². The van der Waals surface area contributed by atoms with Gasteiger partial charge in [0.2, 0.25) is 5.91 Å². The minimum atomic E-state index is -0.674. The summed E-state index contributed by atoms with van der Waals surface area (Å²) in [6, 6.07) is 3.22. The first-order chi connectivity index (χ1) is 15.7. The van der Waals surface area contributed by atoms with E-state index in [0.29, 0.717) is 25.2 Å². The number of aliphatic hydroxyl groups is 1. The van der Waals surface area contributed by atoms with Crippen molar-refractivity contribution in [1.29, 1.82) is 0 Å². The van der Waals surface area contributed by atoms with Crippen molar-refractivity contribution in [1.82, 2.24) is 5.32 Å². The largest absolute Gasteiger partial charge is 0.393 e. The molecule has 0 bridgehead atoms. The third-order valence-corrected chi connectivity index (χ3v) is 8.35. The van der Waals surface area contributed by atoms with Gasteiger partial charge in [-0.05, 0) is 60.6 Å². The molecule has 1 aromatic rings. The molecule has 2 saturated carbocycles. The Morgan fingerprint density at radius 2 is 1.91 bits per heavy atom. The van der Waals surface area contributed by atoms with E-state index in [1.54, 1.807) is 7.11 Å². The summed E-state index contributed by atoms with van der Waals surface area (Å²) in [4.78, 5) is 12.8. The molecular weight excluding hydrogens is 432 g/mol. The fraction of sp³-hybridized carbons (Fsp3) is 0.720. The van der Waals surface area contributed by atoms with Crippen LogP contribution in [0.4, 0.5) is 8.78 Å². The molecule has 1 aliphatic heterocycles. The number of carbonyl (C=O) groups excluding carboxylic acids is 1. The molecule has 1 amide bonds. The maximum atomic E-state index is 13.4. The number of hydrogen-bond donors (Lipinski definition) is 2. The lowest BCUT2D eigenvalue weighted by molar-refractivity contribution is -0.315. The second-order valence-electron chi connectivity index (χ2n) is 10.4. The van der Waals surface area contributed by atoms with Gasteiger partial charge in [-0.2, -0.15) is 0 Å². The van der Waals surface area contributed by atoms with Crippen molar-refractivity contribution in [2.24, 2.45) is 22.7 Å². The highest BCUT2D eigenvalue weighted by molar-refractivity contribution is 5.76. The number of methoxy groups -OCH3 is 1. The lowest BCUT2D eigenvalue weighted by Crippen LogP contribution is -2.63. The maximum absolute atomic E-state index is 13.4. The van der Waals surface area contributed by atoms with Crippen LogP contribution in [-0.2, 0) is 25.5 Å². The van der Waals surface area contributed by atoms with Gasteiger partial charge in [0.1, 0.15) is 11.6 Å². The van der Waals surface area contributed by atoms with Crippen LogP contribution in [0.15, 0.2) is 18.2 Å². The van der Waals surface area contributed by atoms with Crippen LogP contribution in [0.25, 0.3) is 0 Å². The molecule has 1 heterocycles. The standard InChI is InChI=1S/C25H35F2NO5/c1-24-7-6-21-25(2,14-32-23(33-21)13-31-3)20(24)5-4-19(29)18(24)11-22(30)28-12-15-8-16(26)10-17(27)9-15/h8-10,18-21,23,29H,4-7,11-14H2,1-3H3,(H,28,30). The van der Waals surface area contributed by atoms with Gasteiger partial charge in [-0.15, -0.1) is 0 Å². The number of hydrogen-bond acceptors (Lipinski definition) is 5. The lowest BCUT2D eigenvalue weighted by atomic mass is 9.46. The highest BCUT2D eigenvalue weighted by Crippen LogP contribution is 2.62. The molecule has 4 rings (SSSR count). The summed E-state index contributed by atoms with van der Waals surface area (Å²) in [5.74, 6) is -1.55. The van der Waals surface area contributed by atoms with Gasteiger partial charge in [-0.25, -0.2) is 8.78 Å². The Morgan fingerprint density at radius 3 is 2.61 bits per heavy atom. The van der Waals surface area contributed by atoms with Crippen molar-refractivity contribution in [2.45, 2.75) is 71.0 Å². The SMILES string of the molecule is COCC1OCC2(C)C(CCC3(C)C(CC(=O)NCc4cc(F)cc(F)c4)C(O)CCC23)O1. The van der Waals surface area contributed by atoms with Crippen LogP contribution in [0.1, 0.15) is 51.5 Å². The number of fused-ring (bicyclic) bond motifs is 3. The molecule has 7 atom stereocenters. The van der Waals surface area contributed by atoms with E-state index in [9.17, 15) is 18.7 Å². The molecule has 0 aromatic heterocycles. The highest BCUT2D eigenvalue weighted by Gasteiger charge is 2.61. The number of amides is 1. The fourth-order valence-electron chi connectivity index (χ4n) is 6.70. The predicted molar refractivity (Wildman–Crippen MR) is 117 cm³/mol. The number of benzene rings is 1. The van der Waals surface area contributed by atoms with E-state index < -0.39 is 17.7 Å². The summed E-state index contributed by atoms with van der Waals surface area (Å²) in [6.45, 7) is 5.38. The predicted octanol–water partition coefficient (Wildman–Crippen LogP) is 3.55. The number of ether oxygens (including phenoxy) is 3. The lowest BCUT2D eigenvalue weighted by Gasteiger charge is -2.62. The monoisotopic (exact) mass is 467 g/mol. The zero-order valence-electron chi connectivity index (χ0n) is 19.6. The Labute approximate surface area is 194 Å². The zero-order valence-corrected chi connectivity index (χ0v) is 19.6. The van der Waals surface area contributed by atoms with Crippen LogP contribution in [-0.4, -0.2) is 49.8 Å². The Hall–Kier alpha value is -1.61. The molecule has 8 heteroatoms. The first kappa shape index (κ1) is 24.5. The first-order valence-electron chi connectivity index (χ1n) is 11.8. The molecule has 1 saturated heterocycles. The molecule has 0 radical (unpaired) electrons. The highest BCUT2D eigenvalue weighted by atomic mass is 19.1. The van der Waals surface area contributed by atoms with Crippen LogP contribution in [0.3, 0.4) is 0 Å². The number of nitrogens with one attached hydrogen (secondary N) is 1. The number of halogens is 2. The molecule has 3 fully saturated rings. The van der Waals surface area contributed by atoms with Crippen LogP contribution < -0.4 is 5.32 Å². The Kier molecular flexibility index (Phi) is 7.10. The van der Waals surface area contributed by atoms with Crippen LogP contribution in [0.2, 0.25) is 0 Å². The summed E-state index contributed by atoms with van der Waals surface area (Å²) in [7, 11) is 1.63. The van der Waals surface area contributed by atoms with Crippen molar-refractivity contribution in [3.8, 4) is 0 Å². The van der Waals surface area contributed by atoms with E-state index in [0.717, 1.165) is 25.3 Å². The van der Waals surface area contributed by atoms with Crippen LogP contribution in [0, 0.1) is 34.3 Å². The first-order valence-corrected chi connectivity index (χ1v) is 11.8. The summed E-state index contributed by atoms with van der Waals surface area (Å²) in [5.41, 5.74) is -0.0821. The maximum Gasteiger partial charge on any atom is 0.220 e. The normalized spacial score (nSPS) is 38.3. The summed E-state index contributed by atoms with van der Waals surface area (Å²) in [6.07, 6.45) is 2.45. The average Bonchev–Trinajstić information content (AvgIpc) is 2.75. The quantitative estimate of drug-likeness (QED) is 0.669. The van der Waals surface area contributed by atoms with Gasteiger partial charge in [-0.3, -0.25) is 4.79 Å². The fourth-order valence-corrected chi connectivity index (χ4v) is 6.70. The molecule has 6 nitrogen and oxygen atoms in total. The van der Waals surface area contributed by atoms with E-state index >= 15 is 0 Å². The molecule has 1 aromatic carbocycles. The minimum absolute atomic E-state index is 0.0405. The Bertz CT molecular complexity index is 849. The molecule has 33 heavy (non-hydrogen) atoms. The molecule has 184 valence electrons. The minimum Gasteiger partial charge on any atom is -0.393 e. The second-order valence-corrected chi connectivity index (χ2v) is 10.4. The summed E-state index contributed by atoms with van der Waals surface area (Å²) >= 11 is 0. The van der Waals surface area contributed by atoms with Crippen molar-refractivity contribution < 1.29 is 32.9 Å². The van der Waals surface area contributed by atoms with Crippen molar-refractivity contribution >= 4 is 5.91 Å². The zero-order chi connectivity index (χ0) is 23.8. The summed E-state index contributed by atoms with van der Waals surface area (Å²) < 4.78 is 44.3. The van der Waals surface area contributed by atoms with Gasteiger partial charge in [-0.1, -0.05) is 13.8 Å². The van der Waals surface area contributed by atoms with E-state index in [1.807, 2.05) is 0 Å². The van der Waals surface area contributed by atoms with Crippen molar-refractivity contribution in [2.75, 3.05) is 20.3 Å². The third kappa shape index (κ3) is 4.81. The van der Waals surface area contributed by atoms with Crippen LogP contribution in [0.5, 0.6) is 0 Å². The molecule has 2 aliphatic carbocycles. The number of carbonyl (C=O) groups is 1. The molecule has 2 N–H and O–H groups in total. The number of aliphatic hydroxyl groups excluding tert-OH is 1. The van der Waals surface area contributed by atoms with E-state index in [4.69, 9.17) is 14.2 Å². The summed E-state index contributed by atoms with van der Waals surface area (Å²) in [5, 5.41) is 13.7. The Balaban J connectivity index is 1.45. The topological polar surface area (TPSA) is 77.0 Å². The van der Waals surface area contributed by atoms with Gasteiger partial charge in [0, 0.05) is 31.6 Å². The smallest absolute Gasteiger partial charge is 0.220 e. The average molecular weight is 468 g/mol. The van der Waals surface area contributed by atoms with E-state index in [2.05, 4.69) is 19.2 Å². The number of rotatable bonds is 6. The molecule has 0 spiro atoms. The van der Waals surface area contributed by atoms with Crippen LogP contribution >= 0.6 is 0 Å². The van der Waals surface area contributed by atoms with E-state index in [1.165, 1.54) is 12.1 Å². The van der Waals surface area contributed by atoms with Crippen molar-refractivity contribution in [3.63, 3.8) is 0 Å². The Morgan fingerprint density at radius 1 is 1.18 bits per heavy atom. The van der Waals surface area contributed by atoms with Gasteiger partial charge >= 0.3 is 0 Å². The van der Waals surface area contributed by atoms with E-state index in [-0.39, 0.29) is 53.9 Å². The van der Waals surface area contributed by atoms with Gasteiger partial charge in [0.05, 0.1) is 25.4 Å². The molecule has 7 unspecified atom stereocenters. The van der Waals surface area contributed by atoms with Gasteiger partial charge in [0.15, 0.2) is 6.29 Å². The van der Waals surface area contributed by atoms with Crippen molar-refractivity contribution in [3.05, 3.63) is 35.4 Å².